The molecule has 2 atom stereocenters. The standard InChI is InChI=1S/C51H38N2O7/c1-5-59-48(57)50(3)37-21-33-27-15-9-7-13-25(27)29-17-11-19-31(41(29)33)43(37)52-39(50)23-35-45(54)36(47(56)46(35)55)24-40-51(4,49(58)60-6-2)38-22-34-28-16-10-8-14-26(28)30-18-12-20-32(42(30)34)44(38)53-40/h7-24,52-54H,5-6H2,1-4H3,(H,55,56)/b39-23-,40-24-. The van der Waals surface area contributed by atoms with Gasteiger partial charge in [0.15, 0.2) is 5.76 Å². The number of rotatable bonds is 6. The van der Waals surface area contributed by atoms with Crippen LogP contribution in [0.3, 0.4) is 0 Å². The van der Waals surface area contributed by atoms with Crippen molar-refractivity contribution in [1.82, 2.24) is 0 Å². The van der Waals surface area contributed by atoms with E-state index >= 15 is 0 Å². The second kappa shape index (κ2) is 12.3. The number of aliphatic hydroxyl groups excluding tert-OH is 2. The van der Waals surface area contributed by atoms with Crippen molar-refractivity contribution in [3.8, 4) is 44.5 Å². The number of anilines is 2. The first-order valence-corrected chi connectivity index (χ1v) is 20.2. The molecule has 11 rings (SSSR count). The van der Waals surface area contributed by atoms with E-state index in [1.165, 1.54) is 12.2 Å². The molecule has 4 N–H and O–H groups in total. The molecule has 2 heterocycles. The number of esters is 2. The summed E-state index contributed by atoms with van der Waals surface area (Å²) in [4.78, 5) is 42.4. The number of ether oxygens (including phenoxy) is 2. The van der Waals surface area contributed by atoms with Gasteiger partial charge in [-0.15, -0.1) is 0 Å². The Kier molecular flexibility index (Phi) is 7.34. The maximum atomic E-state index is 14.2. The normalized spacial score (nSPS) is 21.4. The van der Waals surface area contributed by atoms with E-state index in [2.05, 4.69) is 47.0 Å². The highest BCUT2D eigenvalue weighted by Crippen LogP contribution is 2.58. The summed E-state index contributed by atoms with van der Waals surface area (Å²) in [6.45, 7) is 7.21. The van der Waals surface area contributed by atoms with Crippen LogP contribution in [0.1, 0.15) is 38.8 Å². The molecule has 5 aliphatic rings. The van der Waals surface area contributed by atoms with Crippen molar-refractivity contribution in [3.63, 3.8) is 0 Å². The molecule has 0 fully saturated rings. The predicted octanol–water partition coefficient (Wildman–Crippen LogP) is 10.5. The van der Waals surface area contributed by atoms with E-state index in [4.69, 9.17) is 9.47 Å². The van der Waals surface area contributed by atoms with Crippen molar-refractivity contribution in [2.24, 2.45) is 0 Å². The number of hydrogen-bond donors (Lipinski definition) is 4. The lowest BCUT2D eigenvalue weighted by Crippen LogP contribution is -2.35. The lowest BCUT2D eigenvalue weighted by atomic mass is 9.79. The Labute approximate surface area is 345 Å². The van der Waals surface area contributed by atoms with Crippen LogP contribution >= 0.6 is 0 Å². The molecule has 9 nitrogen and oxygen atoms in total. The average Bonchev–Trinajstić information content (AvgIpc) is 4.00. The highest BCUT2D eigenvalue weighted by Gasteiger charge is 2.51. The lowest BCUT2D eigenvalue weighted by molar-refractivity contribution is -0.148. The van der Waals surface area contributed by atoms with Gasteiger partial charge in [0.25, 0.3) is 0 Å². The molecule has 60 heavy (non-hydrogen) atoms. The number of ketones is 1. The average molecular weight is 791 g/mol. The summed E-state index contributed by atoms with van der Waals surface area (Å²) in [7, 11) is 0. The van der Waals surface area contributed by atoms with Gasteiger partial charge in [-0.1, -0.05) is 84.9 Å². The molecule has 6 aromatic carbocycles. The molecule has 0 saturated heterocycles. The Morgan fingerprint density at radius 3 is 1.40 bits per heavy atom. The third-order valence-corrected chi connectivity index (χ3v) is 13.2. The lowest BCUT2D eigenvalue weighted by Gasteiger charge is -2.25. The Bertz CT molecular complexity index is 3190. The molecule has 0 aromatic heterocycles. The van der Waals surface area contributed by atoms with E-state index < -0.39 is 40.1 Å². The Morgan fingerprint density at radius 2 is 0.967 bits per heavy atom. The van der Waals surface area contributed by atoms with Crippen molar-refractivity contribution >= 4 is 50.6 Å². The number of benzene rings is 6. The molecule has 0 spiro atoms. The third-order valence-electron chi connectivity index (χ3n) is 13.2. The number of aliphatic hydroxyl groups is 2. The van der Waals surface area contributed by atoms with Crippen molar-refractivity contribution in [2.75, 3.05) is 23.8 Å². The topological polar surface area (TPSA) is 134 Å². The van der Waals surface area contributed by atoms with Crippen LogP contribution in [-0.4, -0.2) is 41.1 Å². The van der Waals surface area contributed by atoms with E-state index in [-0.39, 0.29) is 24.4 Å². The zero-order chi connectivity index (χ0) is 41.4. The van der Waals surface area contributed by atoms with Gasteiger partial charge < -0.3 is 30.3 Å². The maximum absolute atomic E-state index is 14.2. The SMILES string of the molecule is CCOC(=O)C1(C)/C(=C/C2=C(O)C(/C=C3\Nc4c(cc5c6c(cccc46)-c4ccccc4-5)C3(C)C(=O)OCC)=C(O)C2=O)Nc2c1cc1c3c(cccc23)-c2ccccc2-1. The van der Waals surface area contributed by atoms with Crippen LogP contribution in [0, 0.1) is 0 Å². The molecule has 2 aliphatic heterocycles. The minimum atomic E-state index is -1.42. The van der Waals surface area contributed by atoms with Crippen LogP contribution < -0.4 is 10.6 Å². The first-order chi connectivity index (χ1) is 29.0. The predicted molar refractivity (Wildman–Crippen MR) is 232 cm³/mol. The molecule has 0 radical (unpaired) electrons. The molecule has 3 aliphatic carbocycles. The van der Waals surface area contributed by atoms with Crippen molar-refractivity contribution in [2.45, 2.75) is 38.5 Å². The fraction of sp³-hybridized carbons (Fsp3) is 0.157. The minimum absolute atomic E-state index is 0.122. The molecular weight excluding hydrogens is 753 g/mol. The van der Waals surface area contributed by atoms with Crippen molar-refractivity contribution in [1.29, 1.82) is 0 Å². The Morgan fingerprint density at radius 1 is 0.567 bits per heavy atom. The second-order valence-electron chi connectivity index (χ2n) is 16.2. The van der Waals surface area contributed by atoms with Gasteiger partial charge in [0.1, 0.15) is 16.6 Å². The first kappa shape index (κ1) is 35.7. The quantitative estimate of drug-likeness (QED) is 0.121. The largest absolute Gasteiger partial charge is 0.506 e. The summed E-state index contributed by atoms with van der Waals surface area (Å²) in [5.41, 5.74) is 8.59. The molecule has 0 amide bonds. The number of allylic oxidation sites excluding steroid dienone is 3. The van der Waals surface area contributed by atoms with Crippen LogP contribution in [0.15, 0.2) is 143 Å². The van der Waals surface area contributed by atoms with Gasteiger partial charge in [-0.25, -0.2) is 0 Å². The fourth-order valence-electron chi connectivity index (χ4n) is 10.1. The molecule has 0 bridgehead atoms. The summed E-state index contributed by atoms with van der Waals surface area (Å²) in [6.07, 6.45) is 2.88. The van der Waals surface area contributed by atoms with Gasteiger partial charge in [-0.3, -0.25) is 14.4 Å². The number of nitrogens with one attached hydrogen (secondary N) is 2. The third kappa shape index (κ3) is 4.38. The maximum Gasteiger partial charge on any atom is 0.322 e. The first-order valence-electron chi connectivity index (χ1n) is 20.2. The zero-order valence-electron chi connectivity index (χ0n) is 33.2. The van der Waals surface area contributed by atoms with Crippen molar-refractivity contribution < 1.29 is 34.1 Å². The number of hydrogen-bond acceptors (Lipinski definition) is 9. The number of Topliss-reactive ketones (excluding diaryl/α,β-unsaturated/α-hetero) is 1. The van der Waals surface area contributed by atoms with E-state index in [9.17, 15) is 24.6 Å². The number of carbonyl (C=O) groups excluding carboxylic acids is 3. The van der Waals surface area contributed by atoms with Gasteiger partial charge >= 0.3 is 11.9 Å². The molecule has 2 unspecified atom stereocenters. The van der Waals surface area contributed by atoms with E-state index in [0.29, 0.717) is 33.9 Å². The van der Waals surface area contributed by atoms with Gasteiger partial charge in [0.2, 0.25) is 5.78 Å². The van der Waals surface area contributed by atoms with Crippen LogP contribution in [-0.2, 0) is 34.7 Å². The van der Waals surface area contributed by atoms with E-state index in [0.717, 1.165) is 66.1 Å². The molecular formula is C51H38N2O7. The van der Waals surface area contributed by atoms with Gasteiger partial charge in [-0.05, 0) is 118 Å². The minimum Gasteiger partial charge on any atom is -0.506 e. The van der Waals surface area contributed by atoms with Crippen LogP contribution in [0.2, 0.25) is 0 Å². The van der Waals surface area contributed by atoms with Crippen molar-refractivity contribution in [3.05, 3.63) is 154 Å². The molecule has 9 heteroatoms. The van der Waals surface area contributed by atoms with Gasteiger partial charge in [-0.2, -0.15) is 0 Å². The fourth-order valence-corrected chi connectivity index (χ4v) is 10.1. The van der Waals surface area contributed by atoms with Crippen LogP contribution in [0.25, 0.3) is 66.1 Å². The summed E-state index contributed by atoms with van der Waals surface area (Å²) < 4.78 is 11.4. The summed E-state index contributed by atoms with van der Waals surface area (Å²) >= 11 is 0. The van der Waals surface area contributed by atoms with Crippen LogP contribution in [0.4, 0.5) is 11.4 Å². The highest BCUT2D eigenvalue weighted by atomic mass is 16.5. The van der Waals surface area contributed by atoms with Gasteiger partial charge in [0.05, 0.1) is 35.7 Å². The summed E-state index contributed by atoms with van der Waals surface area (Å²) in [6, 6.07) is 32.5. The van der Waals surface area contributed by atoms with Crippen LogP contribution in [0.5, 0.6) is 0 Å². The zero-order valence-corrected chi connectivity index (χ0v) is 33.2. The summed E-state index contributed by atoms with van der Waals surface area (Å²) in [5, 5.41) is 34.3. The monoisotopic (exact) mass is 790 g/mol. The van der Waals surface area contributed by atoms with E-state index in [1.807, 2.05) is 60.7 Å². The highest BCUT2D eigenvalue weighted by molar-refractivity contribution is 6.22. The smallest absolute Gasteiger partial charge is 0.322 e. The summed E-state index contributed by atoms with van der Waals surface area (Å²) in [5.74, 6) is -3.11. The Hall–Kier alpha value is -7.39. The Balaban J connectivity index is 1.05. The van der Waals surface area contributed by atoms with E-state index in [1.54, 1.807) is 27.7 Å². The molecule has 294 valence electrons. The molecule has 6 aromatic rings. The number of carbonyl (C=O) groups is 3. The van der Waals surface area contributed by atoms with Gasteiger partial charge in [0, 0.05) is 22.2 Å². The second-order valence-corrected chi connectivity index (χ2v) is 16.2. The molecule has 0 saturated carbocycles. The number of fused-ring (bicyclic) bond motifs is 10.